The molecule has 2 N–H and O–H groups in total. The molecule has 2 saturated heterocycles. The zero-order valence-corrected chi connectivity index (χ0v) is 32.2. The van der Waals surface area contributed by atoms with E-state index in [2.05, 4.69) is 15.9 Å². The fraction of sp³-hybridized carbons (Fsp3) is 0.439. The highest BCUT2D eigenvalue weighted by Gasteiger charge is 2.50. The third kappa shape index (κ3) is 9.59. The Labute approximate surface area is 328 Å². The maximum Gasteiger partial charge on any atom is 0.417 e. The van der Waals surface area contributed by atoms with Gasteiger partial charge in [0.25, 0.3) is 0 Å². The van der Waals surface area contributed by atoms with Gasteiger partial charge in [0.2, 0.25) is 5.91 Å². The molecule has 0 aromatic heterocycles. The van der Waals surface area contributed by atoms with Crippen LogP contribution in [0.4, 0.5) is 4.79 Å². The van der Waals surface area contributed by atoms with Gasteiger partial charge in [0.05, 0.1) is 30.2 Å². The van der Waals surface area contributed by atoms with Gasteiger partial charge in [-0.1, -0.05) is 97.9 Å². The molecule has 3 aliphatic rings. The molecule has 9 atom stereocenters. The summed E-state index contributed by atoms with van der Waals surface area (Å²) in [5, 5.41) is 22.1. The second-order valence-corrected chi connectivity index (χ2v) is 14.5. The van der Waals surface area contributed by atoms with Crippen LogP contribution in [0.1, 0.15) is 42.5 Å². The summed E-state index contributed by atoms with van der Waals surface area (Å²) >= 11 is 3.30. The zero-order chi connectivity index (χ0) is 39.0. The number of carbonyl (C=O) groups excluding carboxylic acids is 3. The van der Waals surface area contributed by atoms with Crippen molar-refractivity contribution in [1.82, 2.24) is 4.90 Å². The summed E-state index contributed by atoms with van der Waals surface area (Å²) in [7, 11) is 1.47. The number of carbonyl (C=O) groups is 3. The Balaban J connectivity index is 1.13. The predicted octanol–water partition coefficient (Wildman–Crippen LogP) is 4.98. The van der Waals surface area contributed by atoms with Crippen molar-refractivity contribution in [2.45, 2.75) is 81.6 Å². The van der Waals surface area contributed by atoms with Crippen LogP contribution in [0.5, 0.6) is 0 Å². The monoisotopic (exact) mass is 823 g/mol. The number of imide groups is 1. The average molecular weight is 825 g/mol. The number of ketones is 1. The summed E-state index contributed by atoms with van der Waals surface area (Å²) in [6, 6.07) is 27.5. The molecule has 0 radical (unpaired) electrons. The molecule has 294 valence electrons. The molecule has 14 heteroatoms. The zero-order valence-electron chi connectivity index (χ0n) is 30.6. The van der Waals surface area contributed by atoms with E-state index in [9.17, 15) is 24.6 Å². The number of ether oxygens (including phenoxy) is 7. The van der Waals surface area contributed by atoms with Gasteiger partial charge in [0, 0.05) is 20.1 Å². The van der Waals surface area contributed by atoms with Gasteiger partial charge >= 0.3 is 6.09 Å². The van der Waals surface area contributed by atoms with Gasteiger partial charge in [-0.05, 0) is 45.1 Å². The highest BCUT2D eigenvalue weighted by molar-refractivity contribution is 9.11. The van der Waals surface area contributed by atoms with Crippen LogP contribution in [-0.4, -0.2) is 102 Å². The van der Waals surface area contributed by atoms with Crippen molar-refractivity contribution in [1.29, 1.82) is 0 Å². The van der Waals surface area contributed by atoms with Crippen LogP contribution in [-0.2, 0) is 56.0 Å². The van der Waals surface area contributed by atoms with E-state index in [0.29, 0.717) is 5.56 Å². The highest BCUT2D eigenvalue weighted by atomic mass is 79.9. The molecule has 2 fully saturated rings. The Hall–Kier alpha value is -3.83. The van der Waals surface area contributed by atoms with Gasteiger partial charge in [-0.15, -0.1) is 0 Å². The fourth-order valence-electron chi connectivity index (χ4n) is 6.95. The van der Waals surface area contributed by atoms with Crippen LogP contribution in [0.2, 0.25) is 0 Å². The van der Waals surface area contributed by atoms with E-state index >= 15 is 0 Å². The molecule has 6 rings (SSSR count). The van der Waals surface area contributed by atoms with E-state index in [0.717, 1.165) is 16.0 Å². The molecule has 2 amide bonds. The second kappa shape index (κ2) is 18.9. The number of methoxy groups -OCH3 is 1. The van der Waals surface area contributed by atoms with Crippen molar-refractivity contribution in [3.63, 3.8) is 0 Å². The fourth-order valence-corrected chi connectivity index (χ4v) is 7.47. The summed E-state index contributed by atoms with van der Waals surface area (Å²) in [5.74, 6) is -4.34. The van der Waals surface area contributed by atoms with Crippen molar-refractivity contribution in [2.24, 2.45) is 5.92 Å². The lowest BCUT2D eigenvalue weighted by atomic mass is 9.93. The van der Waals surface area contributed by atoms with Crippen molar-refractivity contribution in [3.8, 4) is 0 Å². The summed E-state index contributed by atoms with van der Waals surface area (Å²) in [6.07, 6.45) is -4.84. The number of cyclic esters (lactones) is 1. The Morgan fingerprint density at radius 2 is 1.51 bits per heavy atom. The summed E-state index contributed by atoms with van der Waals surface area (Å²) in [4.78, 5) is 40.7. The Bertz CT molecular complexity index is 1760. The van der Waals surface area contributed by atoms with E-state index in [1.165, 1.54) is 20.1 Å². The number of aliphatic hydroxyl groups excluding tert-OH is 1. The van der Waals surface area contributed by atoms with Crippen molar-refractivity contribution < 1.29 is 57.8 Å². The molecule has 3 heterocycles. The molecule has 3 aromatic carbocycles. The summed E-state index contributed by atoms with van der Waals surface area (Å²) in [6.45, 7) is 1.63. The lowest BCUT2D eigenvalue weighted by molar-refractivity contribution is -0.320. The largest absolute Gasteiger partial charge is 0.446 e. The first kappa shape index (κ1) is 40.8. The van der Waals surface area contributed by atoms with E-state index in [-0.39, 0.29) is 50.4 Å². The standard InChI is InChI=1S/C41H46BrNO12/c1-26(38(46)43-30(25-53-40(43)47)29-17-10-5-11-18-29)34-31(45)21-33(42)41(48,55-34)19-12-20-50-37-36(52-24-28-15-8-4-9-16-28)35(32(22-44)54-39(37)49-2)51-23-27-13-6-3-7-14-27/h3-11,13-18,21,26,30,32,34-37,39,44,48H,12,19-20,22-25H2,1-2H3/t26-,30+,32+,34-,35+,36-,37-,39-,41+/m0/s1. The van der Waals surface area contributed by atoms with Gasteiger partial charge < -0.3 is 43.4 Å². The third-order valence-electron chi connectivity index (χ3n) is 9.93. The molecule has 0 bridgehead atoms. The van der Waals surface area contributed by atoms with Crippen LogP contribution in [0.25, 0.3) is 0 Å². The van der Waals surface area contributed by atoms with Crippen LogP contribution >= 0.6 is 15.9 Å². The molecular weight excluding hydrogens is 778 g/mol. The van der Waals surface area contributed by atoms with Crippen LogP contribution in [0.15, 0.2) is 102 Å². The first-order valence-electron chi connectivity index (χ1n) is 18.2. The van der Waals surface area contributed by atoms with Gasteiger partial charge in [0.1, 0.15) is 43.2 Å². The predicted molar refractivity (Wildman–Crippen MR) is 200 cm³/mol. The molecule has 0 aliphatic carbocycles. The average Bonchev–Trinajstić information content (AvgIpc) is 3.60. The van der Waals surface area contributed by atoms with Crippen LogP contribution in [0, 0.1) is 5.92 Å². The Morgan fingerprint density at radius 1 is 0.909 bits per heavy atom. The minimum atomic E-state index is -1.99. The topological polar surface area (TPSA) is 160 Å². The minimum absolute atomic E-state index is 0.0230. The number of hydrogen-bond donors (Lipinski definition) is 2. The third-order valence-corrected chi connectivity index (χ3v) is 10.8. The number of halogens is 1. The molecule has 55 heavy (non-hydrogen) atoms. The molecule has 0 saturated carbocycles. The molecule has 3 aliphatic heterocycles. The lowest BCUT2D eigenvalue weighted by Gasteiger charge is -2.45. The number of hydrogen-bond acceptors (Lipinski definition) is 12. The SMILES string of the molecule is CO[C@H]1O[C@H](CO)[C@@H](OCc2ccccc2)[C@H](OCc2ccccc2)[C@@H]1OCCC[C@@]1(O)O[C@@H]([C@H](C)C(=O)N2C(=O)OC[C@@H]2c2ccccc2)C(=O)C=C1Br. The van der Waals surface area contributed by atoms with Crippen LogP contribution < -0.4 is 0 Å². The van der Waals surface area contributed by atoms with Crippen molar-refractivity contribution in [2.75, 3.05) is 26.9 Å². The quantitative estimate of drug-likeness (QED) is 0.187. The number of aliphatic hydroxyl groups is 2. The van der Waals surface area contributed by atoms with Crippen LogP contribution in [0.3, 0.4) is 0 Å². The maximum absolute atomic E-state index is 13.7. The highest BCUT2D eigenvalue weighted by Crippen LogP contribution is 2.38. The Morgan fingerprint density at radius 3 is 2.11 bits per heavy atom. The van der Waals surface area contributed by atoms with Gasteiger partial charge in [0.15, 0.2) is 17.9 Å². The summed E-state index contributed by atoms with van der Waals surface area (Å²) in [5.41, 5.74) is 2.55. The number of amides is 2. The van der Waals surface area contributed by atoms with E-state index in [1.54, 1.807) is 24.3 Å². The number of rotatable bonds is 16. The first-order chi connectivity index (χ1) is 26.6. The molecular formula is C41H46BrNO12. The lowest BCUT2D eigenvalue weighted by Crippen LogP contribution is -2.61. The van der Waals surface area contributed by atoms with E-state index in [1.807, 2.05) is 66.7 Å². The molecule has 3 aromatic rings. The second-order valence-electron chi connectivity index (χ2n) is 13.6. The van der Waals surface area contributed by atoms with Gasteiger partial charge in [-0.25, -0.2) is 9.69 Å². The first-order valence-corrected chi connectivity index (χ1v) is 19.0. The van der Waals surface area contributed by atoms with E-state index in [4.69, 9.17) is 33.2 Å². The van der Waals surface area contributed by atoms with E-state index < -0.39 is 72.3 Å². The maximum atomic E-state index is 13.7. The van der Waals surface area contributed by atoms with Gasteiger partial charge in [-0.2, -0.15) is 0 Å². The van der Waals surface area contributed by atoms with Crippen molar-refractivity contribution in [3.05, 3.63) is 118 Å². The number of nitrogens with zero attached hydrogens (tertiary/aromatic N) is 1. The van der Waals surface area contributed by atoms with Crippen molar-refractivity contribution >= 4 is 33.7 Å². The van der Waals surface area contributed by atoms with Gasteiger partial charge in [-0.3, -0.25) is 9.59 Å². The summed E-state index contributed by atoms with van der Waals surface area (Å²) < 4.78 is 42.3. The normalized spacial score (nSPS) is 28.8. The molecule has 13 nitrogen and oxygen atoms in total. The Kier molecular flexibility index (Phi) is 14.0. The molecule has 0 spiro atoms. The number of benzene rings is 3. The minimum Gasteiger partial charge on any atom is -0.446 e. The smallest absolute Gasteiger partial charge is 0.417 e. The molecule has 0 unspecified atom stereocenters.